The van der Waals surface area contributed by atoms with E-state index in [1.807, 2.05) is 6.07 Å². The molecule has 1 amide bonds. The molecule has 0 heterocycles. The van der Waals surface area contributed by atoms with E-state index in [0.717, 1.165) is 11.6 Å². The number of carbonyl (C=O) groups excluding carboxylic acids is 1. The van der Waals surface area contributed by atoms with Gasteiger partial charge in [0.15, 0.2) is 0 Å². The third-order valence-corrected chi connectivity index (χ3v) is 4.33. The Balaban J connectivity index is 2.03. The average molecular weight is 275 g/mol. The van der Waals surface area contributed by atoms with Crippen LogP contribution in [-0.4, -0.2) is 19.0 Å². The molecule has 0 atom stereocenters. The summed E-state index contributed by atoms with van der Waals surface area (Å²) in [4.78, 5) is 11.7. The molecule has 0 unspecified atom stereocenters. The van der Waals surface area contributed by atoms with Crippen molar-refractivity contribution in [3.05, 3.63) is 23.8 Å². The third kappa shape index (κ3) is 3.44. The summed E-state index contributed by atoms with van der Waals surface area (Å²) in [7, 11) is 1.64. The molecule has 0 aromatic heterocycles. The van der Waals surface area contributed by atoms with Gasteiger partial charge >= 0.3 is 0 Å². The van der Waals surface area contributed by atoms with Crippen LogP contribution in [0.15, 0.2) is 18.2 Å². The molecular weight excluding hydrogens is 250 g/mol. The summed E-state index contributed by atoms with van der Waals surface area (Å²) in [5, 5.41) is 6.15. The van der Waals surface area contributed by atoms with E-state index in [4.69, 9.17) is 5.73 Å². The van der Waals surface area contributed by atoms with Crippen LogP contribution in [0.2, 0.25) is 0 Å². The number of benzene rings is 1. The zero-order valence-corrected chi connectivity index (χ0v) is 12.4. The molecule has 0 bridgehead atoms. The topological polar surface area (TPSA) is 67.2 Å². The first kappa shape index (κ1) is 14.7. The Kier molecular flexibility index (Phi) is 4.88. The van der Waals surface area contributed by atoms with Gasteiger partial charge in [0.25, 0.3) is 5.91 Å². The number of anilines is 2. The molecule has 0 radical (unpaired) electrons. The van der Waals surface area contributed by atoms with E-state index >= 15 is 0 Å². The fourth-order valence-electron chi connectivity index (χ4n) is 2.90. The van der Waals surface area contributed by atoms with Gasteiger partial charge in [0.05, 0.1) is 11.4 Å². The number of nitrogens with one attached hydrogen (secondary N) is 2. The van der Waals surface area contributed by atoms with E-state index in [-0.39, 0.29) is 5.91 Å². The Morgan fingerprint density at radius 2 is 2.00 bits per heavy atom. The normalized spacial score (nSPS) is 22.3. The molecule has 20 heavy (non-hydrogen) atoms. The molecule has 1 aromatic rings. The minimum Gasteiger partial charge on any atom is -0.397 e. The van der Waals surface area contributed by atoms with E-state index in [1.165, 1.54) is 32.1 Å². The van der Waals surface area contributed by atoms with E-state index < -0.39 is 0 Å². The predicted octanol–water partition coefficient (Wildman–Crippen LogP) is 3.01. The summed E-state index contributed by atoms with van der Waals surface area (Å²) in [6.45, 7) is 2.27. The second-order valence-electron chi connectivity index (χ2n) is 5.65. The molecule has 1 fully saturated rings. The van der Waals surface area contributed by atoms with Crippen molar-refractivity contribution in [3.8, 4) is 0 Å². The Morgan fingerprint density at radius 3 is 2.60 bits per heavy atom. The quantitative estimate of drug-likeness (QED) is 0.740. The largest absolute Gasteiger partial charge is 0.397 e. The van der Waals surface area contributed by atoms with Gasteiger partial charge in [0.1, 0.15) is 0 Å². The highest BCUT2D eigenvalue weighted by Crippen LogP contribution is 2.30. The van der Waals surface area contributed by atoms with E-state index in [1.54, 1.807) is 19.2 Å². The smallest absolute Gasteiger partial charge is 0.251 e. The number of carbonyl (C=O) groups is 1. The zero-order valence-electron chi connectivity index (χ0n) is 12.4. The summed E-state index contributed by atoms with van der Waals surface area (Å²) in [5.74, 6) is 0.797. The Labute approximate surface area is 121 Å². The molecule has 4 N–H and O–H groups in total. The Hall–Kier alpha value is -1.71. The van der Waals surface area contributed by atoms with Crippen molar-refractivity contribution in [1.29, 1.82) is 0 Å². The molecule has 4 heteroatoms. The number of nitrogen functional groups attached to an aromatic ring is 1. The van der Waals surface area contributed by atoms with Crippen molar-refractivity contribution in [2.24, 2.45) is 5.92 Å². The van der Waals surface area contributed by atoms with E-state index in [0.29, 0.717) is 17.3 Å². The standard InChI is InChI=1S/C16H25N3O/c1-3-11-4-7-13(8-5-11)19-15-10-12(16(20)18-2)6-9-14(15)17/h6,9-11,13,19H,3-5,7-8,17H2,1-2H3,(H,18,20). The lowest BCUT2D eigenvalue weighted by atomic mass is 9.84. The maximum Gasteiger partial charge on any atom is 0.251 e. The molecule has 2 rings (SSSR count). The third-order valence-electron chi connectivity index (χ3n) is 4.33. The maximum absolute atomic E-state index is 11.7. The van der Waals surface area contributed by atoms with Crippen LogP contribution in [0.25, 0.3) is 0 Å². The lowest BCUT2D eigenvalue weighted by Crippen LogP contribution is -2.26. The maximum atomic E-state index is 11.7. The van der Waals surface area contributed by atoms with Crippen molar-refractivity contribution < 1.29 is 4.79 Å². The van der Waals surface area contributed by atoms with Crippen LogP contribution in [-0.2, 0) is 0 Å². The zero-order chi connectivity index (χ0) is 14.5. The van der Waals surface area contributed by atoms with E-state index in [2.05, 4.69) is 17.6 Å². The van der Waals surface area contributed by atoms with Gasteiger partial charge in [-0.3, -0.25) is 4.79 Å². The van der Waals surface area contributed by atoms with Crippen molar-refractivity contribution in [2.45, 2.75) is 45.1 Å². The first-order valence-electron chi connectivity index (χ1n) is 7.52. The second-order valence-corrected chi connectivity index (χ2v) is 5.65. The number of hydrogen-bond acceptors (Lipinski definition) is 3. The van der Waals surface area contributed by atoms with Crippen molar-refractivity contribution >= 4 is 17.3 Å². The fraction of sp³-hybridized carbons (Fsp3) is 0.562. The lowest BCUT2D eigenvalue weighted by Gasteiger charge is -2.29. The van der Waals surface area contributed by atoms with Crippen molar-refractivity contribution in [1.82, 2.24) is 5.32 Å². The van der Waals surface area contributed by atoms with Gasteiger partial charge < -0.3 is 16.4 Å². The Morgan fingerprint density at radius 1 is 1.30 bits per heavy atom. The number of amides is 1. The SMILES string of the molecule is CCC1CCC(Nc2cc(C(=O)NC)ccc2N)CC1. The lowest BCUT2D eigenvalue weighted by molar-refractivity contribution is 0.0963. The molecule has 0 spiro atoms. The Bertz CT molecular complexity index is 465. The summed E-state index contributed by atoms with van der Waals surface area (Å²) >= 11 is 0. The first-order valence-corrected chi connectivity index (χ1v) is 7.52. The van der Waals surface area contributed by atoms with Gasteiger partial charge in [-0.05, 0) is 49.8 Å². The van der Waals surface area contributed by atoms with Gasteiger partial charge in [-0.15, -0.1) is 0 Å². The monoisotopic (exact) mass is 275 g/mol. The number of hydrogen-bond donors (Lipinski definition) is 3. The van der Waals surface area contributed by atoms with Crippen LogP contribution in [0.4, 0.5) is 11.4 Å². The van der Waals surface area contributed by atoms with Crippen molar-refractivity contribution in [2.75, 3.05) is 18.1 Å². The molecule has 1 saturated carbocycles. The van der Waals surface area contributed by atoms with Crippen LogP contribution >= 0.6 is 0 Å². The molecular formula is C16H25N3O. The molecule has 1 aliphatic carbocycles. The molecule has 1 aromatic carbocycles. The van der Waals surface area contributed by atoms with Crippen LogP contribution in [0.1, 0.15) is 49.4 Å². The summed E-state index contributed by atoms with van der Waals surface area (Å²) in [6, 6.07) is 5.87. The summed E-state index contributed by atoms with van der Waals surface area (Å²) in [5.41, 5.74) is 8.24. The predicted molar refractivity (Wildman–Crippen MR) is 83.9 cm³/mol. The second kappa shape index (κ2) is 6.64. The van der Waals surface area contributed by atoms with E-state index in [9.17, 15) is 4.79 Å². The van der Waals surface area contributed by atoms with Crippen LogP contribution in [0, 0.1) is 5.92 Å². The van der Waals surface area contributed by atoms with Gasteiger partial charge in [-0.1, -0.05) is 13.3 Å². The van der Waals surface area contributed by atoms with Crippen LogP contribution in [0.5, 0.6) is 0 Å². The average Bonchev–Trinajstić information content (AvgIpc) is 2.49. The molecule has 0 saturated heterocycles. The molecule has 1 aliphatic rings. The molecule has 110 valence electrons. The highest BCUT2D eigenvalue weighted by atomic mass is 16.1. The number of rotatable bonds is 4. The van der Waals surface area contributed by atoms with Crippen LogP contribution in [0.3, 0.4) is 0 Å². The van der Waals surface area contributed by atoms with Gasteiger partial charge in [-0.25, -0.2) is 0 Å². The van der Waals surface area contributed by atoms with Crippen LogP contribution < -0.4 is 16.4 Å². The van der Waals surface area contributed by atoms with Crippen molar-refractivity contribution in [3.63, 3.8) is 0 Å². The highest BCUT2D eigenvalue weighted by Gasteiger charge is 2.20. The van der Waals surface area contributed by atoms with Gasteiger partial charge in [0.2, 0.25) is 0 Å². The first-order chi connectivity index (χ1) is 9.63. The molecule has 4 nitrogen and oxygen atoms in total. The summed E-state index contributed by atoms with van der Waals surface area (Å²) < 4.78 is 0. The molecule has 0 aliphatic heterocycles. The van der Waals surface area contributed by atoms with Gasteiger partial charge in [-0.2, -0.15) is 0 Å². The summed E-state index contributed by atoms with van der Waals surface area (Å²) in [6.07, 6.45) is 6.21. The van der Waals surface area contributed by atoms with Gasteiger partial charge in [0, 0.05) is 18.7 Å². The minimum atomic E-state index is -0.0808. The number of nitrogens with two attached hydrogens (primary N) is 1. The highest BCUT2D eigenvalue weighted by molar-refractivity contribution is 5.96. The fourth-order valence-corrected chi connectivity index (χ4v) is 2.90. The minimum absolute atomic E-state index is 0.0808.